The number of anilines is 1. The topological polar surface area (TPSA) is 63.2 Å². The number of hydrogen-bond donors (Lipinski definition) is 1. The third-order valence-electron chi connectivity index (χ3n) is 4.45. The van der Waals surface area contributed by atoms with Crippen LogP contribution in [0.5, 0.6) is 0 Å². The maximum Gasteiger partial charge on any atom is 0.225 e. The van der Waals surface area contributed by atoms with Gasteiger partial charge in [0.15, 0.2) is 0 Å². The number of thiophene rings is 1. The summed E-state index contributed by atoms with van der Waals surface area (Å²) >= 11 is 7.36. The molecule has 27 heavy (non-hydrogen) atoms. The van der Waals surface area contributed by atoms with E-state index in [1.54, 1.807) is 24.3 Å². The van der Waals surface area contributed by atoms with E-state index < -0.39 is 21.6 Å². The summed E-state index contributed by atoms with van der Waals surface area (Å²) < 4.78 is 40.4. The number of carbonyl (C=O) groups is 1. The summed E-state index contributed by atoms with van der Waals surface area (Å²) in [5.74, 6) is -1.53. The largest absolute Gasteiger partial charge is 0.324 e. The number of fused-ring (bicyclic) bond motifs is 1. The average molecular weight is 422 g/mol. The number of halogens is 2. The number of rotatable bonds is 3. The van der Waals surface area contributed by atoms with Crippen LogP contribution < -0.4 is 5.32 Å². The van der Waals surface area contributed by atoms with Gasteiger partial charge in [-0.15, -0.1) is 11.3 Å². The molecule has 2 aromatic carbocycles. The fourth-order valence-electron chi connectivity index (χ4n) is 3.21. The second kappa shape index (κ2) is 6.74. The van der Waals surface area contributed by atoms with E-state index in [1.807, 2.05) is 0 Å². The average Bonchev–Trinajstić information content (AvgIpc) is 3.07. The molecule has 0 spiro atoms. The first-order valence-electron chi connectivity index (χ1n) is 8.05. The minimum atomic E-state index is -3.82. The van der Waals surface area contributed by atoms with Gasteiger partial charge in [0, 0.05) is 33.2 Å². The van der Waals surface area contributed by atoms with Gasteiger partial charge in [0.25, 0.3) is 0 Å². The van der Waals surface area contributed by atoms with Gasteiger partial charge in [0.05, 0.1) is 10.6 Å². The first-order chi connectivity index (χ1) is 12.9. The highest BCUT2D eigenvalue weighted by Crippen LogP contribution is 2.47. The summed E-state index contributed by atoms with van der Waals surface area (Å²) in [6.07, 6.45) is -0.00100. The van der Waals surface area contributed by atoms with Crippen LogP contribution in [-0.4, -0.2) is 14.3 Å². The van der Waals surface area contributed by atoms with Crippen molar-refractivity contribution in [2.75, 3.05) is 5.32 Å². The van der Waals surface area contributed by atoms with Gasteiger partial charge in [-0.1, -0.05) is 35.9 Å². The van der Waals surface area contributed by atoms with Crippen LogP contribution in [0.2, 0.25) is 5.02 Å². The minimum Gasteiger partial charge on any atom is -0.324 e. The fraction of sp³-hybridized carbons (Fsp3) is 0.105. The molecule has 1 aliphatic heterocycles. The van der Waals surface area contributed by atoms with Crippen molar-refractivity contribution in [3.05, 3.63) is 75.2 Å². The molecule has 4 nitrogen and oxygen atoms in total. The van der Waals surface area contributed by atoms with Crippen LogP contribution in [0, 0.1) is 5.82 Å². The van der Waals surface area contributed by atoms with Gasteiger partial charge in [-0.3, -0.25) is 4.79 Å². The molecule has 0 aliphatic carbocycles. The summed E-state index contributed by atoms with van der Waals surface area (Å²) in [5.41, 5.74) is 0.421. The van der Waals surface area contributed by atoms with E-state index in [0.29, 0.717) is 4.88 Å². The number of carbonyl (C=O) groups excluding carboxylic acids is 1. The molecule has 138 valence electrons. The van der Waals surface area contributed by atoms with Gasteiger partial charge in [-0.2, -0.15) is 0 Å². The minimum absolute atomic E-state index is 0.00100. The van der Waals surface area contributed by atoms with Crippen LogP contribution in [0.25, 0.3) is 0 Å². The van der Waals surface area contributed by atoms with E-state index in [1.165, 1.54) is 41.0 Å². The Balaban J connectivity index is 1.89. The van der Waals surface area contributed by atoms with E-state index >= 15 is 0 Å². The molecule has 2 heterocycles. The monoisotopic (exact) mass is 421 g/mol. The standard InChI is InChI=1S/C19H13ClFNO3S2/c20-13-7-4-8-14(21)17(13)12-9-16(23)22-18-15(10-26-19(12)18)27(24,25)11-5-2-1-3-6-11/h1-8,10,12H,9H2,(H,22,23). The molecule has 0 fully saturated rings. The third-order valence-corrected chi connectivity index (χ3v) is 7.82. The lowest BCUT2D eigenvalue weighted by atomic mass is 9.90. The number of sulfone groups is 1. The van der Waals surface area contributed by atoms with E-state index in [0.717, 1.165) is 0 Å². The molecule has 0 saturated carbocycles. The molecule has 4 rings (SSSR count). The number of hydrogen-bond acceptors (Lipinski definition) is 4. The second-order valence-corrected chi connectivity index (χ2v) is 9.33. The Morgan fingerprint density at radius 2 is 1.85 bits per heavy atom. The maximum atomic E-state index is 14.4. The smallest absolute Gasteiger partial charge is 0.225 e. The Morgan fingerprint density at radius 3 is 2.56 bits per heavy atom. The first-order valence-corrected chi connectivity index (χ1v) is 10.8. The van der Waals surface area contributed by atoms with Crippen LogP contribution in [0.4, 0.5) is 10.1 Å². The molecule has 0 bridgehead atoms. The zero-order chi connectivity index (χ0) is 19.2. The van der Waals surface area contributed by atoms with Crippen LogP contribution in [0.1, 0.15) is 22.8 Å². The molecule has 1 atom stereocenters. The lowest BCUT2D eigenvalue weighted by Crippen LogP contribution is -2.24. The van der Waals surface area contributed by atoms with Gasteiger partial charge in [0.1, 0.15) is 10.7 Å². The normalized spacial score (nSPS) is 16.7. The lowest BCUT2D eigenvalue weighted by Gasteiger charge is -2.24. The second-order valence-electron chi connectivity index (χ2n) is 6.10. The fourth-order valence-corrected chi connectivity index (χ4v) is 6.41. The highest BCUT2D eigenvalue weighted by Gasteiger charge is 2.36. The molecule has 1 N–H and O–H groups in total. The van der Waals surface area contributed by atoms with Crippen LogP contribution in [-0.2, 0) is 14.6 Å². The summed E-state index contributed by atoms with van der Waals surface area (Å²) in [6, 6.07) is 12.3. The van der Waals surface area contributed by atoms with Gasteiger partial charge in [-0.05, 0) is 24.3 Å². The molecular formula is C19H13ClFNO3S2. The Morgan fingerprint density at radius 1 is 1.11 bits per heavy atom. The summed E-state index contributed by atoms with van der Waals surface area (Å²) in [5, 5.41) is 4.35. The Bertz CT molecular complexity index is 1120. The van der Waals surface area contributed by atoms with Gasteiger partial charge >= 0.3 is 0 Å². The zero-order valence-corrected chi connectivity index (χ0v) is 16.2. The van der Waals surface area contributed by atoms with Crippen molar-refractivity contribution in [2.24, 2.45) is 0 Å². The highest BCUT2D eigenvalue weighted by atomic mass is 35.5. The Labute approximate surface area is 164 Å². The number of nitrogens with one attached hydrogen (secondary N) is 1. The zero-order valence-electron chi connectivity index (χ0n) is 13.8. The Hall–Kier alpha value is -2.22. The highest BCUT2D eigenvalue weighted by molar-refractivity contribution is 7.91. The van der Waals surface area contributed by atoms with Crippen molar-refractivity contribution in [1.29, 1.82) is 0 Å². The third kappa shape index (κ3) is 3.05. The molecule has 3 aromatic rings. The molecular weight excluding hydrogens is 409 g/mol. The van der Waals surface area contributed by atoms with E-state index in [9.17, 15) is 17.6 Å². The van der Waals surface area contributed by atoms with Crippen molar-refractivity contribution in [3.8, 4) is 0 Å². The summed E-state index contributed by atoms with van der Waals surface area (Å²) in [6.45, 7) is 0. The van der Waals surface area contributed by atoms with Crippen molar-refractivity contribution < 1.29 is 17.6 Å². The van der Waals surface area contributed by atoms with Crippen molar-refractivity contribution in [1.82, 2.24) is 0 Å². The lowest BCUT2D eigenvalue weighted by molar-refractivity contribution is -0.116. The molecule has 1 amide bonds. The van der Waals surface area contributed by atoms with Crippen LogP contribution >= 0.6 is 22.9 Å². The van der Waals surface area contributed by atoms with E-state index in [4.69, 9.17) is 11.6 Å². The molecule has 8 heteroatoms. The number of benzene rings is 2. The summed E-state index contributed by atoms with van der Waals surface area (Å²) in [7, 11) is -3.82. The summed E-state index contributed by atoms with van der Waals surface area (Å²) in [4.78, 5) is 13.0. The number of amides is 1. The predicted molar refractivity (Wildman–Crippen MR) is 103 cm³/mol. The molecule has 1 unspecified atom stereocenters. The quantitative estimate of drug-likeness (QED) is 0.657. The predicted octanol–water partition coefficient (Wildman–Crippen LogP) is 4.85. The van der Waals surface area contributed by atoms with Gasteiger partial charge in [0.2, 0.25) is 15.7 Å². The van der Waals surface area contributed by atoms with Crippen LogP contribution in [0.3, 0.4) is 0 Å². The van der Waals surface area contributed by atoms with E-state index in [2.05, 4.69) is 5.32 Å². The molecule has 1 aliphatic rings. The first kappa shape index (κ1) is 18.2. The molecule has 1 aromatic heterocycles. The van der Waals surface area contributed by atoms with E-state index in [-0.39, 0.29) is 38.4 Å². The van der Waals surface area contributed by atoms with Crippen LogP contribution in [0.15, 0.2) is 63.7 Å². The van der Waals surface area contributed by atoms with Gasteiger partial charge < -0.3 is 5.32 Å². The van der Waals surface area contributed by atoms with Crippen molar-refractivity contribution in [2.45, 2.75) is 22.1 Å². The molecule has 0 saturated heterocycles. The molecule has 0 radical (unpaired) electrons. The van der Waals surface area contributed by atoms with Gasteiger partial charge in [-0.25, -0.2) is 12.8 Å². The maximum absolute atomic E-state index is 14.4. The SMILES string of the molecule is O=C1CC(c2c(F)cccc2Cl)c2scc(S(=O)(=O)c3ccccc3)c2N1. The Kier molecular flexibility index (Phi) is 4.53. The van der Waals surface area contributed by atoms with Crippen molar-refractivity contribution >= 4 is 44.4 Å². The van der Waals surface area contributed by atoms with Crippen molar-refractivity contribution in [3.63, 3.8) is 0 Å².